The van der Waals surface area contributed by atoms with Gasteiger partial charge >= 0.3 is 18.0 Å². The predicted octanol–water partition coefficient (Wildman–Crippen LogP) is 6.74. The fourth-order valence-electron chi connectivity index (χ4n) is 6.66. The third-order valence-electron chi connectivity index (χ3n) is 9.97. The van der Waals surface area contributed by atoms with Crippen molar-refractivity contribution in [3.63, 3.8) is 0 Å². The molecule has 2 aromatic rings. The Bertz CT molecular complexity index is 1810. The van der Waals surface area contributed by atoms with E-state index in [1.54, 1.807) is 50.1 Å². The molecule has 0 unspecified atom stereocenters. The zero-order valence-electron chi connectivity index (χ0n) is 35.4. The number of epoxide rings is 1. The molecule has 1 fully saturated rings. The third kappa shape index (κ3) is 13.5. The molecular weight excluding hydrogens is 766 g/mol. The van der Waals surface area contributed by atoms with Crippen molar-refractivity contribution in [3.8, 4) is 5.75 Å². The Labute approximate surface area is 347 Å². The van der Waals surface area contributed by atoms with Gasteiger partial charge in [-0.15, -0.1) is 0 Å². The molecule has 0 saturated carbocycles. The van der Waals surface area contributed by atoms with Crippen LogP contribution < -0.4 is 15.4 Å². The van der Waals surface area contributed by atoms with Gasteiger partial charge in [0, 0.05) is 38.9 Å². The summed E-state index contributed by atoms with van der Waals surface area (Å²) in [5.41, 5.74) is 1.11. The molecule has 14 heteroatoms. The number of nitrogens with one attached hydrogen (secondary N) is 2. The van der Waals surface area contributed by atoms with E-state index >= 15 is 0 Å². The molecule has 58 heavy (non-hydrogen) atoms. The van der Waals surface area contributed by atoms with Gasteiger partial charge in [0.15, 0.2) is 6.10 Å². The van der Waals surface area contributed by atoms with Gasteiger partial charge in [0.25, 0.3) is 0 Å². The average molecular weight is 826 g/mol. The summed E-state index contributed by atoms with van der Waals surface area (Å²) in [6.45, 7) is 15.7. The topological polar surface area (TPSA) is 162 Å². The van der Waals surface area contributed by atoms with Crippen LogP contribution in [0.1, 0.15) is 91.0 Å². The first-order valence-corrected chi connectivity index (χ1v) is 20.2. The Morgan fingerprint density at radius 1 is 1.02 bits per heavy atom. The monoisotopic (exact) mass is 825 g/mol. The van der Waals surface area contributed by atoms with Gasteiger partial charge < -0.3 is 39.2 Å². The van der Waals surface area contributed by atoms with E-state index in [0.717, 1.165) is 11.1 Å². The van der Waals surface area contributed by atoms with Crippen LogP contribution in [-0.4, -0.2) is 86.3 Å². The van der Waals surface area contributed by atoms with Crippen LogP contribution in [0.3, 0.4) is 0 Å². The number of nitrogens with zero attached hydrogens (tertiary/aromatic N) is 1. The Hall–Kier alpha value is -4.62. The maximum atomic E-state index is 13.8. The quantitative estimate of drug-likeness (QED) is 0.141. The summed E-state index contributed by atoms with van der Waals surface area (Å²) in [7, 11) is 3.21. The lowest BCUT2D eigenvalue weighted by atomic mass is 9.92. The van der Waals surface area contributed by atoms with Crippen LogP contribution in [0.2, 0.25) is 5.02 Å². The lowest BCUT2D eigenvalue weighted by Crippen LogP contribution is -2.51. The number of rotatable bonds is 11. The highest BCUT2D eigenvalue weighted by Gasteiger charge is 2.48. The molecular formula is C44H60ClN3O10. The lowest BCUT2D eigenvalue weighted by molar-refractivity contribution is -0.179. The first-order chi connectivity index (χ1) is 27.2. The van der Waals surface area contributed by atoms with Crippen molar-refractivity contribution in [2.45, 2.75) is 112 Å². The van der Waals surface area contributed by atoms with E-state index in [0.29, 0.717) is 22.9 Å². The molecule has 2 heterocycles. The summed E-state index contributed by atoms with van der Waals surface area (Å²) in [4.78, 5) is 68.3. The largest absolute Gasteiger partial charge is 0.495 e. The number of amides is 3. The zero-order valence-corrected chi connectivity index (χ0v) is 36.1. The molecule has 2 aliphatic heterocycles. The maximum Gasteiger partial charge on any atom is 0.409 e. The molecule has 0 aromatic heterocycles. The summed E-state index contributed by atoms with van der Waals surface area (Å²) in [5.74, 6) is -2.33. The summed E-state index contributed by atoms with van der Waals surface area (Å²) in [6, 6.07) is 11.7. The Morgan fingerprint density at radius 3 is 2.31 bits per heavy atom. The van der Waals surface area contributed by atoms with Crippen LogP contribution in [-0.2, 0) is 51.2 Å². The number of carbonyl (C=O) groups is 5. The van der Waals surface area contributed by atoms with Gasteiger partial charge in [-0.3, -0.25) is 14.4 Å². The first-order valence-electron chi connectivity index (χ1n) is 19.8. The second kappa shape index (κ2) is 19.9. The van der Waals surface area contributed by atoms with Crippen LogP contribution >= 0.6 is 11.6 Å². The van der Waals surface area contributed by atoms with E-state index in [1.807, 2.05) is 45.0 Å². The van der Waals surface area contributed by atoms with E-state index in [-0.39, 0.29) is 61.9 Å². The number of benzene rings is 2. The van der Waals surface area contributed by atoms with Gasteiger partial charge in [0.2, 0.25) is 11.8 Å². The molecule has 3 amide bonds. The number of halogens is 1. The van der Waals surface area contributed by atoms with Crippen molar-refractivity contribution in [2.75, 3.05) is 27.2 Å². The fourth-order valence-corrected chi connectivity index (χ4v) is 6.94. The first kappa shape index (κ1) is 46.1. The molecule has 0 bridgehead atoms. The number of cyclic esters (lactones) is 2. The second-order valence-electron chi connectivity index (χ2n) is 17.6. The van der Waals surface area contributed by atoms with E-state index in [1.165, 1.54) is 13.2 Å². The predicted molar refractivity (Wildman–Crippen MR) is 219 cm³/mol. The number of hydrogen-bond acceptors (Lipinski definition) is 10. The standard InChI is InChI=1S/C44H60ClN3O10/c1-26(2)20-35-40(51)56-33(27(3)37-38(58-37)30-17-14-28(15-18-30)23-55-42(53)48(9)25-43(4,5)6)12-11-13-36(49)47-32(22-29-16-19-34(54-10)31(45)21-29)39(50)46-24-44(7,8)41(52)57-35/h11,13-19,21,26-27,32-33,35,37-38H,12,20,22-25H2,1-10H3,(H,46,50)(H,47,49)/b13-11+/t27-,32+,33-,35-,37-,38-/m0/s1. The number of methoxy groups -OCH3 is 1. The van der Waals surface area contributed by atoms with E-state index < -0.39 is 53.5 Å². The van der Waals surface area contributed by atoms with E-state index in [9.17, 15) is 24.0 Å². The molecule has 2 aromatic carbocycles. The van der Waals surface area contributed by atoms with Crippen LogP contribution in [0.4, 0.5) is 4.79 Å². The minimum Gasteiger partial charge on any atom is -0.495 e. The van der Waals surface area contributed by atoms with Crippen molar-refractivity contribution in [1.82, 2.24) is 15.5 Å². The minimum atomic E-state index is -1.23. The normalized spacial score (nSPS) is 24.1. The molecule has 0 radical (unpaired) electrons. The molecule has 318 valence electrons. The molecule has 6 atom stereocenters. The highest BCUT2D eigenvalue weighted by Crippen LogP contribution is 2.45. The van der Waals surface area contributed by atoms with Crippen molar-refractivity contribution < 1.29 is 47.7 Å². The molecule has 0 spiro atoms. The Kier molecular flexibility index (Phi) is 15.8. The van der Waals surface area contributed by atoms with Crippen LogP contribution in [0.5, 0.6) is 5.75 Å². The van der Waals surface area contributed by atoms with Crippen LogP contribution in [0, 0.1) is 22.7 Å². The van der Waals surface area contributed by atoms with Crippen LogP contribution in [0.25, 0.3) is 0 Å². The van der Waals surface area contributed by atoms with Gasteiger partial charge in [-0.05, 0) is 66.5 Å². The maximum absolute atomic E-state index is 13.8. The molecule has 1 saturated heterocycles. The van der Waals surface area contributed by atoms with Crippen molar-refractivity contribution in [3.05, 3.63) is 76.3 Å². The fraction of sp³-hybridized carbons (Fsp3) is 0.568. The Morgan fingerprint density at radius 2 is 1.69 bits per heavy atom. The number of ether oxygens (including phenoxy) is 5. The minimum absolute atomic E-state index is 0.0162. The van der Waals surface area contributed by atoms with Crippen molar-refractivity contribution in [2.24, 2.45) is 22.7 Å². The number of carbonyl (C=O) groups excluding carboxylic acids is 5. The van der Waals surface area contributed by atoms with Gasteiger partial charge in [-0.25, -0.2) is 9.59 Å². The summed E-state index contributed by atoms with van der Waals surface area (Å²) < 4.78 is 28.8. The second-order valence-corrected chi connectivity index (χ2v) is 18.0. The molecule has 4 rings (SSSR count). The van der Waals surface area contributed by atoms with Crippen molar-refractivity contribution in [1.29, 1.82) is 0 Å². The highest BCUT2D eigenvalue weighted by molar-refractivity contribution is 6.32. The summed E-state index contributed by atoms with van der Waals surface area (Å²) in [6.07, 6.45) is 0.404. The summed E-state index contributed by atoms with van der Waals surface area (Å²) >= 11 is 6.35. The Balaban J connectivity index is 1.52. The van der Waals surface area contributed by atoms with Crippen LogP contribution in [0.15, 0.2) is 54.6 Å². The number of hydrogen-bond donors (Lipinski definition) is 2. The van der Waals surface area contributed by atoms with Gasteiger partial charge in [-0.1, -0.05) is 89.6 Å². The SMILES string of the molecule is COc1ccc(C[C@H]2NC(=O)/C=C/C[C@@H]([C@H](C)[C@@H]3O[C@H]3c3ccc(COC(=O)N(C)CC(C)(C)C)cc3)OC(=O)[C@H](CC(C)C)OC(=O)C(C)(C)CNC2=O)cc1Cl. The molecule has 0 aliphatic carbocycles. The van der Waals surface area contributed by atoms with Gasteiger partial charge in [-0.2, -0.15) is 0 Å². The van der Waals surface area contributed by atoms with E-state index in [4.69, 9.17) is 35.3 Å². The van der Waals surface area contributed by atoms with Crippen molar-refractivity contribution >= 4 is 41.4 Å². The average Bonchev–Trinajstić information content (AvgIpc) is 3.95. The highest BCUT2D eigenvalue weighted by atomic mass is 35.5. The van der Waals surface area contributed by atoms with E-state index in [2.05, 4.69) is 31.4 Å². The third-order valence-corrected chi connectivity index (χ3v) is 10.3. The van der Waals surface area contributed by atoms with Gasteiger partial charge in [0.1, 0.15) is 30.6 Å². The van der Waals surface area contributed by atoms with Gasteiger partial charge in [0.05, 0.1) is 23.7 Å². The molecule has 13 nitrogen and oxygen atoms in total. The molecule has 2 N–H and O–H groups in total. The number of esters is 2. The summed E-state index contributed by atoms with van der Waals surface area (Å²) in [5, 5.41) is 5.90. The smallest absolute Gasteiger partial charge is 0.409 e. The molecule has 2 aliphatic rings. The lowest BCUT2D eigenvalue weighted by Gasteiger charge is -2.29. The zero-order chi connectivity index (χ0) is 42.9.